The zero-order valence-corrected chi connectivity index (χ0v) is 60.0. The van der Waals surface area contributed by atoms with E-state index in [1.165, 1.54) is 6.92 Å². The second-order valence-corrected chi connectivity index (χ2v) is 26.3. The number of likely N-dealkylation sites (N-methyl/N-ethyl adjacent to an activating group) is 1. The van der Waals surface area contributed by atoms with Crippen LogP contribution in [0.5, 0.6) is 0 Å². The van der Waals surface area contributed by atoms with Crippen molar-refractivity contribution in [3.05, 3.63) is 35.9 Å². The van der Waals surface area contributed by atoms with E-state index in [-0.39, 0.29) is 88.4 Å². The van der Waals surface area contributed by atoms with Gasteiger partial charge in [-0.15, -0.1) is 0 Å². The molecule has 2 fully saturated rings. The molecular weight excluding hydrogens is 1290 g/mol. The second-order valence-electron chi connectivity index (χ2n) is 26.3. The number of aliphatic hydroxyl groups is 1. The number of esters is 1. The molecule has 0 radical (unpaired) electrons. The van der Waals surface area contributed by atoms with Gasteiger partial charge in [0, 0.05) is 19.6 Å². The van der Waals surface area contributed by atoms with Crippen molar-refractivity contribution < 1.29 is 62.6 Å². The first-order valence-electron chi connectivity index (χ1n) is 35.2. The Kier molecular flexibility index (Phi) is 37.8. The van der Waals surface area contributed by atoms with Gasteiger partial charge in [0.05, 0.1) is 12.6 Å². The molecule has 1 heterocycles. The predicted molar refractivity (Wildman–Crippen MR) is 379 cm³/mol. The van der Waals surface area contributed by atoms with E-state index < -0.39 is 168 Å². The van der Waals surface area contributed by atoms with Crippen molar-refractivity contribution in [3.63, 3.8) is 0 Å². The number of ether oxygens (including phenoxy) is 1. The second kappa shape index (κ2) is 44.3. The van der Waals surface area contributed by atoms with Crippen molar-refractivity contribution in [3.8, 4) is 0 Å². The molecule has 0 aromatic heterocycles. The van der Waals surface area contributed by atoms with Crippen molar-refractivity contribution in [2.75, 3.05) is 33.3 Å². The molecule has 1 aromatic carbocycles. The minimum absolute atomic E-state index is 0.0192. The summed E-state index contributed by atoms with van der Waals surface area (Å²) in [6.45, 7) is 14.3. The number of nitrogens with one attached hydrogen (secondary N) is 11. The van der Waals surface area contributed by atoms with Crippen LogP contribution in [0.15, 0.2) is 45.3 Å². The van der Waals surface area contributed by atoms with Crippen molar-refractivity contribution in [1.29, 1.82) is 0 Å². The Morgan fingerprint density at radius 1 is 0.550 bits per heavy atom. The normalized spacial score (nSPS) is 20.9. The van der Waals surface area contributed by atoms with Gasteiger partial charge in [-0.3, -0.25) is 62.9 Å². The number of hydrogen-bond donors (Lipinski definition) is 18. The Bertz CT molecular complexity index is 2920. The first-order chi connectivity index (χ1) is 47.4. The third-order valence-corrected chi connectivity index (χ3v) is 18.7. The molecule has 0 unspecified atom stereocenters. The molecule has 1 aliphatic carbocycles. The maximum Gasteiger partial charge on any atom is 0.329 e. The van der Waals surface area contributed by atoms with Crippen LogP contribution in [0.25, 0.3) is 0 Å². The monoisotopic (exact) mass is 1410 g/mol. The molecule has 16 atom stereocenters. The number of cyclic esters (lactones) is 1. The van der Waals surface area contributed by atoms with Gasteiger partial charge >= 0.3 is 5.97 Å². The molecule has 1 aliphatic heterocycles. The number of amides is 10. The van der Waals surface area contributed by atoms with Crippen LogP contribution in [0, 0.1) is 29.6 Å². The van der Waals surface area contributed by atoms with Gasteiger partial charge < -0.3 is 103 Å². The van der Waals surface area contributed by atoms with Gasteiger partial charge in [0.1, 0.15) is 66.5 Å². The lowest BCUT2D eigenvalue weighted by atomic mass is 9.83. The Balaban J connectivity index is 2.00. The van der Waals surface area contributed by atoms with Crippen molar-refractivity contribution >= 4 is 82.9 Å². The molecule has 0 spiro atoms. The Labute approximate surface area is 587 Å². The van der Waals surface area contributed by atoms with E-state index in [1.807, 2.05) is 37.3 Å². The Hall–Kier alpha value is -8.88. The molecule has 1 saturated carbocycles. The lowest BCUT2D eigenvalue weighted by Gasteiger charge is -2.33. The highest BCUT2D eigenvalue weighted by atomic mass is 16.5. The van der Waals surface area contributed by atoms with Crippen LogP contribution in [0.1, 0.15) is 164 Å². The number of carbonyl (C=O) groups is 11. The highest BCUT2D eigenvalue weighted by Crippen LogP contribution is 2.28. The van der Waals surface area contributed by atoms with Gasteiger partial charge in [0.15, 0.2) is 17.9 Å². The van der Waals surface area contributed by atoms with Crippen LogP contribution in [-0.4, -0.2) is 194 Å². The summed E-state index contributed by atoms with van der Waals surface area (Å²) in [6.07, 6.45) is 4.23. The SMILES string of the molecule is CC[C@H](C)[C@H](NC(=O)[C@@H](Cc1ccccc1)NC)C(=O)N[C@@H](CCCN=C(N)N)C(=O)N[C@H](CCCN=C(N)N)C(=O)N[C@@H](C(=O)N[C@H](C(=O)N[C@@H](CO)C(=O)N[C@H]1C(=O)N[C@@H](CCCN=C(N)N)C(=O)N[C@@H](C2CCCCC2)C(=O)N[C@@H]([C@@H](C)CC)C(=O)O[C@H]1C)[C@@H](C)CC)[C@@H](C)CC. The van der Waals surface area contributed by atoms with Crippen LogP contribution in [0.4, 0.5) is 0 Å². The van der Waals surface area contributed by atoms with Crippen LogP contribution in [0.3, 0.4) is 0 Å². The third-order valence-electron chi connectivity index (χ3n) is 18.7. The molecule has 10 amide bonds. The van der Waals surface area contributed by atoms with E-state index >= 15 is 0 Å². The van der Waals surface area contributed by atoms with E-state index in [1.54, 1.807) is 55.5 Å². The molecule has 2 aliphatic rings. The minimum Gasteiger partial charge on any atom is -0.458 e. The van der Waals surface area contributed by atoms with Gasteiger partial charge in [-0.05, 0) is 107 Å². The molecule has 562 valence electrons. The van der Waals surface area contributed by atoms with Crippen molar-refractivity contribution in [1.82, 2.24) is 58.5 Å². The maximum atomic E-state index is 14.8. The molecule has 33 heteroatoms. The molecule has 100 heavy (non-hydrogen) atoms. The van der Waals surface area contributed by atoms with Crippen LogP contribution >= 0.6 is 0 Å². The summed E-state index contributed by atoms with van der Waals surface area (Å²) >= 11 is 0. The number of carbonyl (C=O) groups excluding carboxylic acids is 11. The van der Waals surface area contributed by atoms with Gasteiger partial charge in [-0.1, -0.05) is 131 Å². The van der Waals surface area contributed by atoms with E-state index in [4.69, 9.17) is 39.1 Å². The number of nitrogens with two attached hydrogens (primary N) is 6. The smallest absolute Gasteiger partial charge is 0.329 e. The highest BCUT2D eigenvalue weighted by molar-refractivity contribution is 6.00. The van der Waals surface area contributed by atoms with Crippen LogP contribution in [0.2, 0.25) is 0 Å². The molecule has 24 N–H and O–H groups in total. The number of nitrogens with zero attached hydrogens (tertiary/aromatic N) is 3. The molecule has 1 aromatic rings. The van der Waals surface area contributed by atoms with Crippen LogP contribution < -0.4 is 92.9 Å². The third kappa shape index (κ3) is 28.4. The summed E-state index contributed by atoms with van der Waals surface area (Å²) in [5.74, 6) is -12.3. The number of aliphatic hydroxyl groups excluding tert-OH is 1. The molecule has 33 nitrogen and oxygen atoms in total. The zero-order chi connectivity index (χ0) is 74.8. The lowest BCUT2D eigenvalue weighted by molar-refractivity contribution is -0.157. The summed E-state index contributed by atoms with van der Waals surface area (Å²) < 4.78 is 5.89. The molecular formula is C67H116N20O13. The van der Waals surface area contributed by atoms with Gasteiger partial charge in [-0.2, -0.15) is 0 Å². The van der Waals surface area contributed by atoms with E-state index in [0.717, 1.165) is 24.8 Å². The fourth-order valence-corrected chi connectivity index (χ4v) is 11.6. The Morgan fingerprint density at radius 2 is 1.00 bits per heavy atom. The van der Waals surface area contributed by atoms with Gasteiger partial charge in [-0.25, -0.2) is 4.79 Å². The predicted octanol–water partition coefficient (Wildman–Crippen LogP) is -2.47. The fourth-order valence-electron chi connectivity index (χ4n) is 11.6. The summed E-state index contributed by atoms with van der Waals surface area (Å²) in [5.41, 5.74) is 34.4. The fraction of sp³-hybridized carbons (Fsp3) is 0.701. The molecule has 1 saturated heterocycles. The zero-order valence-electron chi connectivity index (χ0n) is 60.0. The lowest BCUT2D eigenvalue weighted by Crippen LogP contribution is -2.63. The number of benzene rings is 1. The van der Waals surface area contributed by atoms with Crippen LogP contribution in [-0.2, 0) is 63.9 Å². The number of hydrogen-bond acceptors (Lipinski definition) is 17. The van der Waals surface area contributed by atoms with E-state index in [0.29, 0.717) is 38.5 Å². The summed E-state index contributed by atoms with van der Waals surface area (Å²) in [7, 11) is 1.63. The number of guanidine groups is 3. The Morgan fingerprint density at radius 3 is 1.47 bits per heavy atom. The van der Waals surface area contributed by atoms with Crippen molar-refractivity contribution in [2.24, 2.45) is 79.0 Å². The van der Waals surface area contributed by atoms with E-state index in [2.05, 4.69) is 73.5 Å². The first kappa shape index (κ1) is 85.3. The van der Waals surface area contributed by atoms with Crippen molar-refractivity contribution in [2.45, 2.75) is 238 Å². The maximum absolute atomic E-state index is 14.8. The summed E-state index contributed by atoms with van der Waals surface area (Å²) in [5, 5.41) is 41.0. The topological polar surface area (TPSA) is 543 Å². The van der Waals surface area contributed by atoms with E-state index in [9.17, 15) is 57.8 Å². The average Bonchev–Trinajstić information content (AvgIpc) is 1.27. The summed E-state index contributed by atoms with van der Waals surface area (Å²) in [6, 6.07) is -5.44. The largest absolute Gasteiger partial charge is 0.458 e. The number of rotatable bonds is 39. The van der Waals surface area contributed by atoms with Gasteiger partial charge in [0.2, 0.25) is 59.1 Å². The summed E-state index contributed by atoms with van der Waals surface area (Å²) in [4.78, 5) is 171. The molecule has 0 bridgehead atoms. The quantitative estimate of drug-likeness (QED) is 0.0141. The average molecular weight is 1410 g/mol. The number of aliphatic imine (C=N–C) groups is 3. The van der Waals surface area contributed by atoms with Gasteiger partial charge in [0.25, 0.3) is 0 Å². The first-order valence-corrected chi connectivity index (χ1v) is 35.2. The highest BCUT2D eigenvalue weighted by Gasteiger charge is 2.43. The molecule has 3 rings (SSSR count). The standard InChI is InChI=1S/C67H116N20O13/c1-11-36(5)48(83-57(92)46(74-10)34-41-24-17-15-18-25-41)59(94)79-43(28-21-31-75-65(68)69)54(89)78-44(29-22-32-76-66(70)71)55(90)82-50(38(7)13-3)61(96)84-49(37(6)12-2)60(95)81-47(35-88)58(93)86-52-40(9)100-64(99)51(39(8)14-4)85-63(98)53(42-26-19-16-20-27-42)87-56(91)45(80-62(52)97)30-23-33-77-67(72)73/h15,17-18,24-25,36-40,42-53,74,88H,11-14,16,19-23,26-35H2,1-10H3,(H,78,89)(H,79,94)(H,80,97)(H,81,95)(H,82,90)(H,83,92)(H,84,96)(H,85,98)(H,86,93)(H,87,91)(H4,68,69,75)(H4,70,71,76)(H4,72,73,77)/t36-,37-,38-,39-,40-,43-,44+,45-,46+,47-,48-,49-,50+,51-,52+,53-/m0/s1. The minimum atomic E-state index is -1.83.